The normalized spacial score (nSPS) is 27.1. The highest BCUT2D eigenvalue weighted by Gasteiger charge is 2.25. The van der Waals surface area contributed by atoms with Crippen LogP contribution in [0.3, 0.4) is 0 Å². The highest BCUT2D eigenvalue weighted by Crippen LogP contribution is 2.29. The lowest BCUT2D eigenvalue weighted by Gasteiger charge is -2.25. The summed E-state index contributed by atoms with van der Waals surface area (Å²) in [6.07, 6.45) is 10.3. The second-order valence-corrected chi connectivity index (χ2v) is 11.3. The fraction of sp³-hybridized carbons (Fsp3) is 0.692. The summed E-state index contributed by atoms with van der Waals surface area (Å²) in [5.41, 5.74) is 2.93. The molecule has 1 aromatic rings. The minimum absolute atomic E-state index is 0.0719. The molecule has 3 heterocycles. The fourth-order valence-electron chi connectivity index (χ4n) is 4.76. The number of benzene rings is 1. The summed E-state index contributed by atoms with van der Waals surface area (Å²) in [5, 5.41) is 3.13. The maximum Gasteiger partial charge on any atom is 0.220 e. The number of hydrogen-bond acceptors (Lipinski definition) is 4. The van der Waals surface area contributed by atoms with Gasteiger partial charge in [0, 0.05) is 24.3 Å². The predicted molar refractivity (Wildman–Crippen MR) is 135 cm³/mol. The largest absolute Gasteiger partial charge is 0.346 e. The molecule has 5 heteroatoms. The van der Waals surface area contributed by atoms with Crippen LogP contribution in [0, 0.1) is 11.8 Å². The molecule has 3 aliphatic rings. The van der Waals surface area contributed by atoms with Crippen LogP contribution in [0.4, 0.5) is 0 Å². The van der Waals surface area contributed by atoms with Crippen LogP contribution >= 0.6 is 23.5 Å². The van der Waals surface area contributed by atoms with E-state index in [9.17, 15) is 9.59 Å². The van der Waals surface area contributed by atoms with E-state index in [1.165, 1.54) is 43.2 Å². The van der Waals surface area contributed by atoms with E-state index in [1.807, 2.05) is 30.4 Å². The molecule has 3 aliphatic heterocycles. The molecule has 0 aliphatic carbocycles. The van der Waals surface area contributed by atoms with Crippen molar-refractivity contribution in [1.82, 2.24) is 5.32 Å². The van der Waals surface area contributed by atoms with Crippen molar-refractivity contribution in [3.8, 4) is 0 Å². The summed E-state index contributed by atoms with van der Waals surface area (Å²) < 4.78 is 0. The van der Waals surface area contributed by atoms with Crippen LogP contribution in [0.15, 0.2) is 24.3 Å². The quantitative estimate of drug-likeness (QED) is 0.554. The average molecular weight is 462 g/mol. The minimum Gasteiger partial charge on any atom is -0.346 e. The number of amides is 1. The van der Waals surface area contributed by atoms with Crippen molar-refractivity contribution in [2.75, 3.05) is 11.5 Å². The van der Waals surface area contributed by atoms with Gasteiger partial charge in [-0.3, -0.25) is 9.59 Å². The Balaban J connectivity index is 1.82. The topological polar surface area (TPSA) is 46.2 Å². The maximum atomic E-state index is 12.7. The molecule has 4 rings (SSSR count). The average Bonchev–Trinajstić information content (AvgIpc) is 2.77. The maximum absolute atomic E-state index is 12.7. The lowest BCUT2D eigenvalue weighted by molar-refractivity contribution is -0.128. The molecule has 1 N–H and O–H groups in total. The second-order valence-electron chi connectivity index (χ2n) is 9.24. The first-order valence-electron chi connectivity index (χ1n) is 12.2. The third kappa shape index (κ3) is 8.49. The van der Waals surface area contributed by atoms with Crippen LogP contribution in [0.25, 0.3) is 0 Å². The molecule has 3 nitrogen and oxygen atoms in total. The first-order chi connectivity index (χ1) is 15.2. The summed E-state index contributed by atoms with van der Waals surface area (Å²) in [6, 6.07) is 8.58. The third-order valence-electron chi connectivity index (χ3n) is 6.74. The smallest absolute Gasteiger partial charge is 0.220 e. The van der Waals surface area contributed by atoms with Crippen LogP contribution in [0.2, 0.25) is 0 Å². The number of fused-ring (bicyclic) bond motifs is 14. The van der Waals surface area contributed by atoms with Crippen molar-refractivity contribution in [2.45, 2.75) is 88.7 Å². The molecule has 31 heavy (non-hydrogen) atoms. The molecule has 0 spiro atoms. The number of carbonyl (C=O) groups excluding carboxylic acids is 2. The number of thioether (sulfide) groups is 2. The lowest BCUT2D eigenvalue weighted by atomic mass is 9.91. The van der Waals surface area contributed by atoms with Gasteiger partial charge in [0.25, 0.3) is 0 Å². The van der Waals surface area contributed by atoms with Crippen molar-refractivity contribution in [3.05, 3.63) is 35.4 Å². The molecule has 172 valence electrons. The van der Waals surface area contributed by atoms with Crippen molar-refractivity contribution in [3.63, 3.8) is 0 Å². The van der Waals surface area contributed by atoms with E-state index in [2.05, 4.69) is 29.6 Å². The van der Waals surface area contributed by atoms with Crippen LogP contribution in [-0.2, 0) is 21.1 Å². The predicted octanol–water partition coefficient (Wildman–Crippen LogP) is 6.39. The van der Waals surface area contributed by atoms with E-state index in [-0.39, 0.29) is 17.7 Å². The van der Waals surface area contributed by atoms with E-state index in [0.29, 0.717) is 24.7 Å². The molecule has 2 bridgehead atoms. The van der Waals surface area contributed by atoms with Crippen molar-refractivity contribution >= 4 is 35.2 Å². The molecule has 0 aromatic heterocycles. The van der Waals surface area contributed by atoms with Gasteiger partial charge < -0.3 is 5.32 Å². The van der Waals surface area contributed by atoms with Gasteiger partial charge in [-0.25, -0.2) is 0 Å². The van der Waals surface area contributed by atoms with Gasteiger partial charge in [-0.2, -0.15) is 23.5 Å². The SMILES string of the molecule is CCC(=O)C1CC2CCCCCCC(CCC(=O)N1)CSCc1ccccc1CSC2. The highest BCUT2D eigenvalue weighted by molar-refractivity contribution is 7.98. The Kier molecular flexibility index (Phi) is 10.8. The lowest BCUT2D eigenvalue weighted by Crippen LogP contribution is -2.42. The van der Waals surface area contributed by atoms with Gasteiger partial charge in [0.2, 0.25) is 5.91 Å². The summed E-state index contributed by atoms with van der Waals surface area (Å²) in [6.45, 7) is 1.92. The zero-order valence-electron chi connectivity index (χ0n) is 19.1. The minimum atomic E-state index is -0.306. The van der Waals surface area contributed by atoms with Crippen molar-refractivity contribution in [2.24, 2.45) is 11.8 Å². The monoisotopic (exact) mass is 461 g/mol. The summed E-state index contributed by atoms with van der Waals surface area (Å²) >= 11 is 4.03. The van der Waals surface area contributed by atoms with Crippen LogP contribution in [0.5, 0.6) is 0 Å². The van der Waals surface area contributed by atoms with Gasteiger partial charge in [0.1, 0.15) is 0 Å². The van der Waals surface area contributed by atoms with Crippen LogP contribution in [-0.4, -0.2) is 29.2 Å². The Bertz CT molecular complexity index is 708. The highest BCUT2D eigenvalue weighted by atomic mass is 32.2. The molecular weight excluding hydrogens is 422 g/mol. The standard InChI is InChI=1S/C26H39NO2S2/c1-2-25(28)24-15-21-10-6-4-3-5-9-20(13-14-26(29)27-24)16-30-18-22-11-7-8-12-23(22)19-31-17-21/h7-8,11-12,20-21,24H,2-6,9-10,13-19H2,1H3,(H,27,29). The van der Waals surface area contributed by atoms with E-state index in [0.717, 1.165) is 42.3 Å². The van der Waals surface area contributed by atoms with Crippen molar-refractivity contribution < 1.29 is 9.59 Å². The number of hydrogen-bond donors (Lipinski definition) is 1. The molecule has 1 amide bonds. The Labute approximate surface area is 197 Å². The van der Waals surface area contributed by atoms with E-state index in [4.69, 9.17) is 0 Å². The van der Waals surface area contributed by atoms with Crippen LogP contribution < -0.4 is 5.32 Å². The summed E-state index contributed by atoms with van der Waals surface area (Å²) in [4.78, 5) is 25.4. The van der Waals surface area contributed by atoms with Gasteiger partial charge in [-0.1, -0.05) is 56.9 Å². The molecule has 3 unspecified atom stereocenters. The summed E-state index contributed by atoms with van der Waals surface area (Å²) in [5.74, 6) is 5.61. The van der Waals surface area contributed by atoms with E-state index < -0.39 is 0 Å². The first-order valence-corrected chi connectivity index (χ1v) is 14.5. The molecule has 0 saturated carbocycles. The van der Waals surface area contributed by atoms with E-state index in [1.54, 1.807) is 0 Å². The number of ketones is 1. The number of rotatable bonds is 2. The van der Waals surface area contributed by atoms with Gasteiger partial charge in [-0.05, 0) is 60.2 Å². The van der Waals surface area contributed by atoms with E-state index >= 15 is 0 Å². The van der Waals surface area contributed by atoms with Gasteiger partial charge in [0.15, 0.2) is 5.78 Å². The Hall–Kier alpha value is -0.940. The second kappa shape index (κ2) is 13.6. The molecular formula is C26H39NO2S2. The Morgan fingerprint density at radius 3 is 2.19 bits per heavy atom. The number of carbonyl (C=O) groups is 2. The Morgan fingerprint density at radius 1 is 0.935 bits per heavy atom. The molecule has 1 saturated heterocycles. The molecule has 1 fully saturated rings. The third-order valence-corrected chi connectivity index (χ3v) is 9.18. The van der Waals surface area contributed by atoms with Gasteiger partial charge in [-0.15, -0.1) is 0 Å². The zero-order valence-corrected chi connectivity index (χ0v) is 20.7. The van der Waals surface area contributed by atoms with Crippen LogP contribution in [0.1, 0.15) is 82.3 Å². The van der Waals surface area contributed by atoms with Crippen molar-refractivity contribution in [1.29, 1.82) is 0 Å². The zero-order chi connectivity index (χ0) is 21.9. The number of nitrogens with one attached hydrogen (secondary N) is 1. The van der Waals surface area contributed by atoms with Gasteiger partial charge in [0.05, 0.1) is 6.04 Å². The Morgan fingerprint density at radius 2 is 1.55 bits per heavy atom. The molecule has 3 atom stereocenters. The number of Topliss-reactive ketones (excluding diaryl/α,β-unsaturated/α-hetero) is 1. The fourth-order valence-corrected chi connectivity index (χ4v) is 7.30. The molecule has 0 radical (unpaired) electrons. The summed E-state index contributed by atoms with van der Waals surface area (Å²) in [7, 11) is 0. The first kappa shape index (κ1) is 24.7. The molecule has 1 aromatic carbocycles. The van der Waals surface area contributed by atoms with Gasteiger partial charge >= 0.3 is 0 Å².